The molecular weight excluding hydrogens is 261 g/mol. The van der Waals surface area contributed by atoms with Gasteiger partial charge in [0, 0.05) is 19.0 Å². The van der Waals surface area contributed by atoms with Gasteiger partial charge < -0.3 is 10.3 Å². The minimum absolute atomic E-state index is 0.0484. The third-order valence-corrected chi connectivity index (χ3v) is 3.25. The predicted octanol–water partition coefficient (Wildman–Crippen LogP) is 1.38. The van der Waals surface area contributed by atoms with Crippen molar-refractivity contribution < 1.29 is 13.2 Å². The molecule has 3 rings (SSSR count). The Hall–Kier alpha value is -2.06. The van der Waals surface area contributed by atoms with Crippen LogP contribution in [0.5, 0.6) is 0 Å². The van der Waals surface area contributed by atoms with Crippen LogP contribution in [0.3, 0.4) is 0 Å². The Labute approximate surface area is 105 Å². The molecule has 2 aromatic heterocycles. The summed E-state index contributed by atoms with van der Waals surface area (Å²) in [6.07, 6.45) is -3.89. The minimum atomic E-state index is -4.20. The molecular formula is C10H11F3N6. The Balaban J connectivity index is 1.97. The highest BCUT2D eigenvalue weighted by Crippen LogP contribution is 2.35. The Kier molecular flexibility index (Phi) is 2.51. The number of H-pyrrole nitrogens is 1. The summed E-state index contributed by atoms with van der Waals surface area (Å²) in [5.41, 5.74) is 5.95. The van der Waals surface area contributed by atoms with E-state index in [1.165, 1.54) is 10.6 Å². The molecule has 1 aliphatic heterocycles. The summed E-state index contributed by atoms with van der Waals surface area (Å²) in [7, 11) is 0. The number of rotatable bonds is 1. The highest BCUT2D eigenvalue weighted by atomic mass is 19.4. The molecule has 0 saturated carbocycles. The zero-order chi connectivity index (χ0) is 13.6. The van der Waals surface area contributed by atoms with Gasteiger partial charge in [-0.05, 0) is 6.42 Å². The molecule has 0 bridgehead atoms. The van der Waals surface area contributed by atoms with Gasteiger partial charge in [0.05, 0.1) is 5.92 Å². The molecule has 0 aliphatic carbocycles. The molecule has 0 aromatic carbocycles. The first-order valence-electron chi connectivity index (χ1n) is 5.75. The van der Waals surface area contributed by atoms with Crippen molar-refractivity contribution in [3.63, 3.8) is 0 Å². The van der Waals surface area contributed by atoms with Gasteiger partial charge in [0.25, 0.3) is 0 Å². The first kappa shape index (κ1) is 12.0. The maximum Gasteiger partial charge on any atom is 0.393 e. The Morgan fingerprint density at radius 3 is 2.79 bits per heavy atom. The summed E-state index contributed by atoms with van der Waals surface area (Å²) in [5, 5.41) is 14.2. The maximum absolute atomic E-state index is 12.8. The Morgan fingerprint density at radius 1 is 1.37 bits per heavy atom. The molecule has 0 fully saturated rings. The van der Waals surface area contributed by atoms with E-state index in [9.17, 15) is 13.2 Å². The fourth-order valence-electron chi connectivity index (χ4n) is 2.25. The number of alkyl halides is 3. The van der Waals surface area contributed by atoms with E-state index in [1.807, 2.05) is 0 Å². The number of aromatic amines is 1. The van der Waals surface area contributed by atoms with Crippen molar-refractivity contribution in [1.29, 1.82) is 0 Å². The second-order valence-electron chi connectivity index (χ2n) is 4.53. The zero-order valence-corrected chi connectivity index (χ0v) is 9.78. The van der Waals surface area contributed by atoms with Crippen molar-refractivity contribution in [3.8, 4) is 11.5 Å². The van der Waals surface area contributed by atoms with Gasteiger partial charge in [0.1, 0.15) is 17.3 Å². The van der Waals surface area contributed by atoms with E-state index in [0.717, 1.165) is 0 Å². The number of nitrogens with two attached hydrogens (primary N) is 1. The van der Waals surface area contributed by atoms with Gasteiger partial charge in [0.2, 0.25) is 0 Å². The Morgan fingerprint density at radius 2 is 2.16 bits per heavy atom. The fourth-order valence-corrected chi connectivity index (χ4v) is 2.25. The van der Waals surface area contributed by atoms with E-state index >= 15 is 0 Å². The number of hydrogen-bond acceptors (Lipinski definition) is 4. The standard InChI is InChI=1S/C10H11F3N6/c11-10(12,13)5-1-2-8-17-18-9(19(8)4-5)6-3-7(14)16-15-6/h3,5H,1-2,4H2,(H3,14,15,16). The smallest absolute Gasteiger partial charge is 0.382 e. The van der Waals surface area contributed by atoms with Gasteiger partial charge in [-0.25, -0.2) is 0 Å². The first-order valence-corrected chi connectivity index (χ1v) is 5.75. The van der Waals surface area contributed by atoms with Gasteiger partial charge in [-0.2, -0.15) is 18.3 Å². The van der Waals surface area contributed by atoms with Crippen LogP contribution >= 0.6 is 0 Å². The molecule has 0 saturated heterocycles. The van der Waals surface area contributed by atoms with Crippen molar-refractivity contribution in [1.82, 2.24) is 25.0 Å². The van der Waals surface area contributed by atoms with Crippen LogP contribution in [-0.2, 0) is 13.0 Å². The number of hydrogen-bond donors (Lipinski definition) is 2. The van der Waals surface area contributed by atoms with Crippen LogP contribution in [0.2, 0.25) is 0 Å². The number of fused-ring (bicyclic) bond motifs is 1. The summed E-state index contributed by atoms with van der Waals surface area (Å²) in [5.74, 6) is -0.206. The molecule has 2 aromatic rings. The quantitative estimate of drug-likeness (QED) is 0.821. The van der Waals surface area contributed by atoms with Crippen molar-refractivity contribution in [2.75, 3.05) is 5.73 Å². The number of aryl methyl sites for hydroxylation is 1. The molecule has 3 heterocycles. The van der Waals surface area contributed by atoms with Crippen LogP contribution in [0.1, 0.15) is 12.2 Å². The molecule has 9 heteroatoms. The number of nitrogens with zero attached hydrogens (tertiary/aromatic N) is 4. The largest absolute Gasteiger partial charge is 0.393 e. The molecule has 0 radical (unpaired) electrons. The number of halogens is 3. The van der Waals surface area contributed by atoms with Gasteiger partial charge in [0.15, 0.2) is 5.82 Å². The predicted molar refractivity (Wildman–Crippen MR) is 59.9 cm³/mol. The number of aromatic nitrogens is 5. The molecule has 1 aliphatic rings. The average molecular weight is 272 g/mol. The van der Waals surface area contributed by atoms with Crippen molar-refractivity contribution in [2.24, 2.45) is 5.92 Å². The molecule has 1 atom stereocenters. The van der Waals surface area contributed by atoms with Crippen molar-refractivity contribution in [2.45, 2.75) is 25.6 Å². The summed E-state index contributed by atoms with van der Waals surface area (Å²) >= 11 is 0. The summed E-state index contributed by atoms with van der Waals surface area (Å²) in [6.45, 7) is -0.167. The third kappa shape index (κ3) is 2.04. The van der Waals surface area contributed by atoms with Crippen LogP contribution in [0.25, 0.3) is 11.5 Å². The number of nitrogen functional groups attached to an aromatic ring is 1. The number of anilines is 1. The lowest BCUT2D eigenvalue weighted by Crippen LogP contribution is -2.32. The molecule has 19 heavy (non-hydrogen) atoms. The van der Waals surface area contributed by atoms with E-state index < -0.39 is 12.1 Å². The zero-order valence-electron chi connectivity index (χ0n) is 9.78. The molecule has 0 amide bonds. The number of nitrogens with one attached hydrogen (secondary N) is 1. The van der Waals surface area contributed by atoms with Crippen LogP contribution in [0.4, 0.5) is 19.0 Å². The lowest BCUT2D eigenvalue weighted by Gasteiger charge is -2.25. The topological polar surface area (TPSA) is 85.4 Å². The van der Waals surface area contributed by atoms with E-state index in [4.69, 9.17) is 5.73 Å². The van der Waals surface area contributed by atoms with E-state index in [-0.39, 0.29) is 25.2 Å². The minimum Gasteiger partial charge on any atom is -0.382 e. The van der Waals surface area contributed by atoms with Crippen molar-refractivity contribution >= 4 is 5.82 Å². The monoisotopic (exact) mass is 272 g/mol. The summed E-state index contributed by atoms with van der Waals surface area (Å²) in [6, 6.07) is 1.52. The van der Waals surface area contributed by atoms with Crippen LogP contribution in [0.15, 0.2) is 6.07 Å². The van der Waals surface area contributed by atoms with E-state index in [0.29, 0.717) is 17.3 Å². The summed E-state index contributed by atoms with van der Waals surface area (Å²) in [4.78, 5) is 0. The average Bonchev–Trinajstić information content (AvgIpc) is 2.92. The second kappa shape index (κ2) is 3.97. The van der Waals surface area contributed by atoms with Crippen LogP contribution in [0, 0.1) is 5.92 Å². The normalized spacial score (nSPS) is 19.4. The SMILES string of the molecule is Nc1cc(-c2nnc3n2CC(C(F)(F)F)CC3)[nH]n1. The van der Waals surface area contributed by atoms with Crippen LogP contribution in [-0.4, -0.2) is 31.1 Å². The van der Waals surface area contributed by atoms with E-state index in [2.05, 4.69) is 20.4 Å². The first-order chi connectivity index (χ1) is 8.95. The summed E-state index contributed by atoms with van der Waals surface area (Å²) < 4.78 is 39.8. The Bertz CT molecular complexity index is 599. The molecule has 102 valence electrons. The highest BCUT2D eigenvalue weighted by molar-refractivity contribution is 5.54. The van der Waals surface area contributed by atoms with Gasteiger partial charge >= 0.3 is 6.18 Å². The second-order valence-corrected chi connectivity index (χ2v) is 4.53. The fraction of sp³-hybridized carbons (Fsp3) is 0.500. The molecule has 6 nitrogen and oxygen atoms in total. The third-order valence-electron chi connectivity index (χ3n) is 3.25. The molecule has 0 spiro atoms. The van der Waals surface area contributed by atoms with Crippen LogP contribution < -0.4 is 5.73 Å². The van der Waals surface area contributed by atoms with Gasteiger partial charge in [-0.15, -0.1) is 10.2 Å². The molecule has 1 unspecified atom stereocenters. The van der Waals surface area contributed by atoms with Gasteiger partial charge in [-0.3, -0.25) is 5.10 Å². The molecule has 3 N–H and O–H groups in total. The van der Waals surface area contributed by atoms with Gasteiger partial charge in [-0.1, -0.05) is 0 Å². The highest BCUT2D eigenvalue weighted by Gasteiger charge is 2.42. The lowest BCUT2D eigenvalue weighted by molar-refractivity contribution is -0.182. The lowest BCUT2D eigenvalue weighted by atomic mass is 9.99. The van der Waals surface area contributed by atoms with E-state index in [1.54, 1.807) is 0 Å². The maximum atomic E-state index is 12.8. The van der Waals surface area contributed by atoms with Crippen molar-refractivity contribution in [3.05, 3.63) is 11.9 Å².